The molecular formula is C21H20N2O3. The molecule has 1 atom stereocenters. The number of esters is 1. The monoisotopic (exact) mass is 348 g/mol. The molecule has 3 rings (SSSR count). The molecule has 1 N–H and O–H groups in total. The summed E-state index contributed by atoms with van der Waals surface area (Å²) >= 11 is 0. The fourth-order valence-corrected chi connectivity index (χ4v) is 2.95. The van der Waals surface area contributed by atoms with Crippen LogP contribution in [0.5, 0.6) is 0 Å². The van der Waals surface area contributed by atoms with Crippen LogP contribution in [-0.4, -0.2) is 24.0 Å². The van der Waals surface area contributed by atoms with Crippen LogP contribution in [0.2, 0.25) is 0 Å². The third-order valence-corrected chi connectivity index (χ3v) is 4.59. The highest BCUT2D eigenvalue weighted by atomic mass is 16.5. The van der Waals surface area contributed by atoms with Gasteiger partial charge in [-0.15, -0.1) is 0 Å². The number of carbonyl (C=O) groups excluding carboxylic acids is 2. The van der Waals surface area contributed by atoms with Crippen LogP contribution in [0.3, 0.4) is 0 Å². The largest absolute Gasteiger partial charge is 0.452 e. The topological polar surface area (TPSA) is 79.2 Å². The molecule has 0 radical (unpaired) electrons. The molecule has 5 nitrogen and oxygen atoms in total. The van der Waals surface area contributed by atoms with Gasteiger partial charge in [0.15, 0.2) is 6.61 Å². The Morgan fingerprint density at radius 2 is 1.81 bits per heavy atom. The molecule has 1 aliphatic carbocycles. The molecule has 0 saturated heterocycles. The molecule has 1 fully saturated rings. The van der Waals surface area contributed by atoms with Gasteiger partial charge in [0, 0.05) is 0 Å². The Bertz CT molecular complexity index is 853. The minimum atomic E-state index is -0.897. The van der Waals surface area contributed by atoms with Crippen molar-refractivity contribution in [2.75, 3.05) is 6.61 Å². The minimum Gasteiger partial charge on any atom is -0.452 e. The highest BCUT2D eigenvalue weighted by Crippen LogP contribution is 2.39. The van der Waals surface area contributed by atoms with Gasteiger partial charge in [-0.2, -0.15) is 5.26 Å². The Morgan fingerprint density at radius 3 is 2.46 bits per heavy atom. The van der Waals surface area contributed by atoms with E-state index in [1.165, 1.54) is 0 Å². The first kappa shape index (κ1) is 17.7. The second kappa shape index (κ2) is 7.40. The van der Waals surface area contributed by atoms with Crippen molar-refractivity contribution in [2.24, 2.45) is 5.92 Å². The predicted molar refractivity (Wildman–Crippen MR) is 97.0 cm³/mol. The molecule has 26 heavy (non-hydrogen) atoms. The molecule has 0 bridgehead atoms. The molecule has 0 aromatic heterocycles. The van der Waals surface area contributed by atoms with Gasteiger partial charge in [-0.1, -0.05) is 48.5 Å². The van der Waals surface area contributed by atoms with Crippen LogP contribution in [0.4, 0.5) is 0 Å². The molecule has 0 heterocycles. The average molecular weight is 348 g/mol. The van der Waals surface area contributed by atoms with E-state index in [4.69, 9.17) is 4.74 Å². The van der Waals surface area contributed by atoms with Crippen LogP contribution in [0, 0.1) is 17.2 Å². The van der Waals surface area contributed by atoms with E-state index in [1.54, 1.807) is 19.1 Å². The van der Waals surface area contributed by atoms with Gasteiger partial charge in [0.05, 0.1) is 11.6 Å². The zero-order chi connectivity index (χ0) is 18.6. The fraction of sp³-hybridized carbons (Fsp3) is 0.286. The third kappa shape index (κ3) is 3.92. The second-order valence-electron chi connectivity index (χ2n) is 6.62. The van der Waals surface area contributed by atoms with Crippen LogP contribution in [-0.2, 0) is 9.53 Å². The number of carbonyl (C=O) groups is 2. The lowest BCUT2D eigenvalue weighted by Crippen LogP contribution is -2.48. The summed E-state index contributed by atoms with van der Waals surface area (Å²) in [7, 11) is 0. The molecular weight excluding hydrogens is 328 g/mol. The number of nitriles is 1. The highest BCUT2D eigenvalue weighted by Gasteiger charge is 2.43. The van der Waals surface area contributed by atoms with Crippen molar-refractivity contribution in [3.8, 4) is 17.2 Å². The van der Waals surface area contributed by atoms with Gasteiger partial charge in [0.2, 0.25) is 0 Å². The highest BCUT2D eigenvalue weighted by molar-refractivity contribution is 5.98. The number of rotatable bonds is 6. The standard InChI is InChI=1S/C21H20N2O3/c1-21(14-22,16-11-12-16)23-19(24)13-26-20(25)18-10-6-5-9-17(18)15-7-3-2-4-8-15/h2-10,16H,11-13H2,1H3,(H,23,24)/t21-/m1/s1. The van der Waals surface area contributed by atoms with E-state index in [0.717, 1.165) is 24.0 Å². The van der Waals surface area contributed by atoms with Crippen molar-refractivity contribution in [2.45, 2.75) is 25.3 Å². The molecule has 0 unspecified atom stereocenters. The van der Waals surface area contributed by atoms with E-state index in [2.05, 4.69) is 11.4 Å². The third-order valence-electron chi connectivity index (χ3n) is 4.59. The fourth-order valence-electron chi connectivity index (χ4n) is 2.95. The lowest BCUT2D eigenvalue weighted by atomic mass is 9.98. The Kier molecular flexibility index (Phi) is 5.04. The molecule has 1 aliphatic rings. The zero-order valence-electron chi connectivity index (χ0n) is 14.6. The van der Waals surface area contributed by atoms with E-state index in [-0.39, 0.29) is 5.92 Å². The molecule has 132 valence electrons. The van der Waals surface area contributed by atoms with Gasteiger partial charge in [0.1, 0.15) is 5.54 Å². The summed E-state index contributed by atoms with van der Waals surface area (Å²) in [5, 5.41) is 12.0. The molecule has 2 aromatic rings. The first-order valence-corrected chi connectivity index (χ1v) is 8.57. The first-order valence-electron chi connectivity index (χ1n) is 8.57. The van der Waals surface area contributed by atoms with Crippen molar-refractivity contribution >= 4 is 11.9 Å². The summed E-state index contributed by atoms with van der Waals surface area (Å²) in [6.07, 6.45) is 1.85. The number of nitrogens with one attached hydrogen (secondary N) is 1. The molecule has 5 heteroatoms. The van der Waals surface area contributed by atoms with E-state index < -0.39 is 24.0 Å². The maximum Gasteiger partial charge on any atom is 0.339 e. The minimum absolute atomic E-state index is 0.172. The molecule has 1 saturated carbocycles. The smallest absolute Gasteiger partial charge is 0.339 e. The summed E-state index contributed by atoms with van der Waals surface area (Å²) < 4.78 is 5.18. The lowest BCUT2D eigenvalue weighted by molar-refractivity contribution is -0.125. The zero-order valence-corrected chi connectivity index (χ0v) is 14.6. The van der Waals surface area contributed by atoms with Crippen LogP contribution in [0.15, 0.2) is 54.6 Å². The van der Waals surface area contributed by atoms with E-state index in [1.807, 2.05) is 42.5 Å². The Morgan fingerprint density at radius 1 is 1.15 bits per heavy atom. The summed E-state index contributed by atoms with van der Waals surface area (Å²) in [4.78, 5) is 24.6. The van der Waals surface area contributed by atoms with E-state index in [0.29, 0.717) is 5.56 Å². The second-order valence-corrected chi connectivity index (χ2v) is 6.62. The van der Waals surface area contributed by atoms with Gasteiger partial charge in [-0.05, 0) is 42.9 Å². The molecule has 2 aromatic carbocycles. The number of amides is 1. The van der Waals surface area contributed by atoms with Crippen molar-refractivity contribution < 1.29 is 14.3 Å². The quantitative estimate of drug-likeness (QED) is 0.812. The van der Waals surface area contributed by atoms with Crippen molar-refractivity contribution in [3.05, 3.63) is 60.2 Å². The van der Waals surface area contributed by atoms with Gasteiger partial charge < -0.3 is 10.1 Å². The van der Waals surface area contributed by atoms with E-state index in [9.17, 15) is 14.9 Å². The number of hydrogen-bond acceptors (Lipinski definition) is 4. The summed E-state index contributed by atoms with van der Waals surface area (Å²) in [6, 6.07) is 18.8. The lowest BCUT2D eigenvalue weighted by Gasteiger charge is -2.22. The predicted octanol–water partition coefficient (Wildman–Crippen LogP) is 3.32. The number of hydrogen-bond donors (Lipinski definition) is 1. The maximum atomic E-state index is 12.5. The van der Waals surface area contributed by atoms with Gasteiger partial charge in [-0.3, -0.25) is 4.79 Å². The molecule has 1 amide bonds. The maximum absolute atomic E-state index is 12.5. The van der Waals surface area contributed by atoms with Gasteiger partial charge >= 0.3 is 5.97 Å². The summed E-state index contributed by atoms with van der Waals surface area (Å²) in [5.74, 6) is -0.859. The number of ether oxygens (including phenoxy) is 1. The number of benzene rings is 2. The SMILES string of the molecule is C[C@](C#N)(NC(=O)COC(=O)c1ccccc1-c1ccccc1)C1CC1. The van der Waals surface area contributed by atoms with Gasteiger partial charge in [0.25, 0.3) is 5.91 Å². The molecule has 0 aliphatic heterocycles. The normalized spacial score (nSPS) is 15.4. The summed E-state index contributed by atoms with van der Waals surface area (Å²) in [6.45, 7) is 1.29. The van der Waals surface area contributed by atoms with Gasteiger partial charge in [-0.25, -0.2) is 4.79 Å². The van der Waals surface area contributed by atoms with Crippen molar-refractivity contribution in [3.63, 3.8) is 0 Å². The Hall–Kier alpha value is -3.13. The number of nitrogens with zero attached hydrogens (tertiary/aromatic N) is 1. The van der Waals surface area contributed by atoms with Crippen molar-refractivity contribution in [1.29, 1.82) is 5.26 Å². The van der Waals surface area contributed by atoms with E-state index >= 15 is 0 Å². The first-order chi connectivity index (χ1) is 12.5. The van der Waals surface area contributed by atoms with Crippen LogP contribution < -0.4 is 5.32 Å². The van der Waals surface area contributed by atoms with Crippen LogP contribution in [0.1, 0.15) is 30.1 Å². The Balaban J connectivity index is 1.66. The Labute approximate surface area is 152 Å². The summed E-state index contributed by atoms with van der Waals surface area (Å²) in [5.41, 5.74) is 1.15. The van der Waals surface area contributed by atoms with Crippen molar-refractivity contribution in [1.82, 2.24) is 5.32 Å². The van der Waals surface area contributed by atoms with Crippen LogP contribution >= 0.6 is 0 Å². The van der Waals surface area contributed by atoms with Crippen LogP contribution in [0.25, 0.3) is 11.1 Å². The average Bonchev–Trinajstić information content (AvgIpc) is 3.52. The molecule has 0 spiro atoms.